The van der Waals surface area contributed by atoms with E-state index in [9.17, 15) is 9.59 Å². The first-order valence-electron chi connectivity index (χ1n) is 5.98. The maximum atomic E-state index is 12.0. The van der Waals surface area contributed by atoms with Crippen molar-refractivity contribution in [3.05, 3.63) is 29.8 Å². The number of esters is 1. The number of methoxy groups -OCH3 is 1. The number of nitriles is 1. The second-order valence-corrected chi connectivity index (χ2v) is 4.49. The van der Waals surface area contributed by atoms with E-state index in [0.29, 0.717) is 11.3 Å². The van der Waals surface area contributed by atoms with E-state index in [0.717, 1.165) is 0 Å². The molecule has 1 heterocycles. The molecule has 5 nitrogen and oxygen atoms in total. The smallest absolute Gasteiger partial charge is 0.337 e. The molecule has 0 saturated carbocycles. The second kappa shape index (κ2) is 5.11. The molecular formula is C14H14N2O3. The van der Waals surface area contributed by atoms with Gasteiger partial charge in [-0.25, -0.2) is 4.79 Å². The first-order chi connectivity index (χ1) is 9.08. The van der Waals surface area contributed by atoms with Gasteiger partial charge in [-0.3, -0.25) is 4.79 Å². The number of hydrogen-bond donors (Lipinski definition) is 0. The Morgan fingerprint density at radius 1 is 1.53 bits per heavy atom. The van der Waals surface area contributed by atoms with Crippen LogP contribution in [0.4, 0.5) is 5.69 Å². The molecule has 1 fully saturated rings. The van der Waals surface area contributed by atoms with Gasteiger partial charge in [0.05, 0.1) is 30.7 Å². The van der Waals surface area contributed by atoms with Gasteiger partial charge in [-0.2, -0.15) is 5.26 Å². The molecule has 98 valence electrons. The lowest BCUT2D eigenvalue weighted by atomic mass is 10.0. The molecule has 0 bridgehead atoms. The van der Waals surface area contributed by atoms with Crippen LogP contribution >= 0.6 is 0 Å². The number of hydrogen-bond acceptors (Lipinski definition) is 4. The zero-order valence-corrected chi connectivity index (χ0v) is 10.8. The predicted octanol–water partition coefficient (Wildman–Crippen LogP) is 1.74. The molecule has 1 aromatic carbocycles. The molecule has 0 spiro atoms. The molecule has 1 aliphatic rings. The summed E-state index contributed by atoms with van der Waals surface area (Å²) in [6.07, 6.45) is 0.222. The largest absolute Gasteiger partial charge is 0.465 e. The van der Waals surface area contributed by atoms with Crippen LogP contribution in [0.3, 0.4) is 0 Å². The molecule has 1 aromatic rings. The number of anilines is 1. The van der Waals surface area contributed by atoms with E-state index in [-0.39, 0.29) is 24.3 Å². The Morgan fingerprint density at radius 2 is 2.26 bits per heavy atom. The average Bonchev–Trinajstić information content (AvgIpc) is 2.72. The normalized spacial score (nSPS) is 22.2. The third kappa shape index (κ3) is 2.29. The van der Waals surface area contributed by atoms with Crippen LogP contribution in [0.2, 0.25) is 0 Å². The highest BCUT2D eigenvalue weighted by Crippen LogP contribution is 2.30. The minimum Gasteiger partial charge on any atom is -0.465 e. The second-order valence-electron chi connectivity index (χ2n) is 4.49. The van der Waals surface area contributed by atoms with Crippen molar-refractivity contribution in [3.63, 3.8) is 0 Å². The van der Waals surface area contributed by atoms with Crippen molar-refractivity contribution < 1.29 is 14.3 Å². The lowest BCUT2D eigenvalue weighted by molar-refractivity contribution is -0.117. The van der Waals surface area contributed by atoms with Crippen LogP contribution in [0, 0.1) is 17.2 Å². The Labute approximate surface area is 111 Å². The third-order valence-electron chi connectivity index (χ3n) is 3.36. The van der Waals surface area contributed by atoms with E-state index >= 15 is 0 Å². The summed E-state index contributed by atoms with van der Waals surface area (Å²) in [5, 5.41) is 9.00. The number of carbonyl (C=O) groups excluding carboxylic acids is 2. The van der Waals surface area contributed by atoms with Gasteiger partial charge in [-0.05, 0) is 25.1 Å². The standard InChI is InChI=1S/C14H14N2O3/c1-9-11(8-15)7-13(17)16(9)12-5-3-4-10(6-12)14(18)19-2/h3-6,9,11H,7H2,1-2H3. The molecule has 1 amide bonds. The number of amides is 1. The van der Waals surface area contributed by atoms with Gasteiger partial charge >= 0.3 is 5.97 Å². The minimum absolute atomic E-state index is 0.0962. The summed E-state index contributed by atoms with van der Waals surface area (Å²) in [5.41, 5.74) is 1.01. The fourth-order valence-corrected chi connectivity index (χ4v) is 2.30. The Bertz CT molecular complexity index is 562. The van der Waals surface area contributed by atoms with Crippen molar-refractivity contribution in [2.24, 2.45) is 5.92 Å². The maximum absolute atomic E-state index is 12.0. The van der Waals surface area contributed by atoms with E-state index in [4.69, 9.17) is 5.26 Å². The first kappa shape index (κ1) is 13.1. The zero-order chi connectivity index (χ0) is 14.0. The summed E-state index contributed by atoms with van der Waals surface area (Å²) in [4.78, 5) is 25.0. The highest BCUT2D eigenvalue weighted by atomic mass is 16.5. The predicted molar refractivity (Wildman–Crippen MR) is 68.4 cm³/mol. The Morgan fingerprint density at radius 3 is 2.84 bits per heavy atom. The molecule has 0 radical (unpaired) electrons. The van der Waals surface area contributed by atoms with Crippen LogP contribution in [0.1, 0.15) is 23.7 Å². The molecule has 0 aliphatic carbocycles. The van der Waals surface area contributed by atoms with Crippen molar-refractivity contribution in [3.8, 4) is 6.07 Å². The molecule has 19 heavy (non-hydrogen) atoms. The van der Waals surface area contributed by atoms with Crippen LogP contribution < -0.4 is 4.90 Å². The number of benzene rings is 1. The van der Waals surface area contributed by atoms with Crippen molar-refractivity contribution in [1.82, 2.24) is 0 Å². The van der Waals surface area contributed by atoms with Gasteiger partial charge in [0.1, 0.15) is 0 Å². The molecule has 1 aliphatic heterocycles. The zero-order valence-electron chi connectivity index (χ0n) is 10.8. The van der Waals surface area contributed by atoms with Gasteiger partial charge in [0.15, 0.2) is 0 Å². The van der Waals surface area contributed by atoms with E-state index in [1.165, 1.54) is 7.11 Å². The van der Waals surface area contributed by atoms with Gasteiger partial charge < -0.3 is 9.64 Å². The van der Waals surface area contributed by atoms with Crippen LogP contribution in [0.5, 0.6) is 0 Å². The highest BCUT2D eigenvalue weighted by Gasteiger charge is 2.37. The van der Waals surface area contributed by atoms with Gasteiger partial charge in [0, 0.05) is 12.1 Å². The molecular weight excluding hydrogens is 244 g/mol. The third-order valence-corrected chi connectivity index (χ3v) is 3.36. The van der Waals surface area contributed by atoms with E-state index in [1.807, 2.05) is 6.92 Å². The lowest BCUT2D eigenvalue weighted by Gasteiger charge is -2.23. The molecule has 0 N–H and O–H groups in total. The molecule has 5 heteroatoms. The van der Waals surface area contributed by atoms with E-state index < -0.39 is 5.97 Å². The summed E-state index contributed by atoms with van der Waals surface area (Å²) in [5.74, 6) is -0.853. The van der Waals surface area contributed by atoms with Gasteiger partial charge in [-0.15, -0.1) is 0 Å². The van der Waals surface area contributed by atoms with Crippen LogP contribution in [0.25, 0.3) is 0 Å². The van der Waals surface area contributed by atoms with E-state index in [1.54, 1.807) is 29.2 Å². The Balaban J connectivity index is 2.35. The van der Waals surface area contributed by atoms with Crippen LogP contribution in [-0.2, 0) is 9.53 Å². The van der Waals surface area contributed by atoms with Crippen molar-refractivity contribution in [1.29, 1.82) is 5.26 Å². The Kier molecular flexibility index (Phi) is 3.52. The monoisotopic (exact) mass is 258 g/mol. The number of rotatable bonds is 2. The van der Waals surface area contributed by atoms with E-state index in [2.05, 4.69) is 10.8 Å². The summed E-state index contributed by atoms with van der Waals surface area (Å²) in [7, 11) is 1.31. The fourth-order valence-electron chi connectivity index (χ4n) is 2.30. The van der Waals surface area contributed by atoms with Crippen molar-refractivity contribution in [2.45, 2.75) is 19.4 Å². The molecule has 2 atom stereocenters. The summed E-state index contributed by atoms with van der Waals surface area (Å²) < 4.78 is 4.66. The topological polar surface area (TPSA) is 70.4 Å². The number of carbonyl (C=O) groups is 2. The first-order valence-corrected chi connectivity index (χ1v) is 5.98. The van der Waals surface area contributed by atoms with Crippen LogP contribution in [0.15, 0.2) is 24.3 Å². The minimum atomic E-state index is -0.446. The summed E-state index contributed by atoms with van der Waals surface area (Å²) in [6, 6.07) is 8.63. The number of nitrogens with zero attached hydrogens (tertiary/aromatic N) is 2. The van der Waals surface area contributed by atoms with Gasteiger partial charge in [-0.1, -0.05) is 6.07 Å². The summed E-state index contributed by atoms with van der Waals surface area (Å²) in [6.45, 7) is 1.84. The Hall–Kier alpha value is -2.35. The van der Waals surface area contributed by atoms with Gasteiger partial charge in [0.25, 0.3) is 0 Å². The van der Waals surface area contributed by atoms with Gasteiger partial charge in [0.2, 0.25) is 5.91 Å². The van der Waals surface area contributed by atoms with Crippen LogP contribution in [-0.4, -0.2) is 25.0 Å². The quantitative estimate of drug-likeness (QED) is 0.757. The molecule has 1 saturated heterocycles. The molecule has 2 rings (SSSR count). The number of ether oxygens (including phenoxy) is 1. The highest BCUT2D eigenvalue weighted by molar-refractivity contribution is 5.98. The molecule has 0 aromatic heterocycles. The lowest BCUT2D eigenvalue weighted by Crippen LogP contribution is -2.32. The maximum Gasteiger partial charge on any atom is 0.337 e. The molecule has 2 unspecified atom stereocenters. The van der Waals surface area contributed by atoms with Crippen molar-refractivity contribution >= 4 is 17.6 Å². The SMILES string of the molecule is COC(=O)c1cccc(N2C(=O)CC(C#N)C2C)c1. The average molecular weight is 258 g/mol. The fraction of sp³-hybridized carbons (Fsp3) is 0.357. The summed E-state index contributed by atoms with van der Waals surface area (Å²) >= 11 is 0. The van der Waals surface area contributed by atoms with Crippen molar-refractivity contribution in [2.75, 3.05) is 12.0 Å².